The van der Waals surface area contributed by atoms with Gasteiger partial charge in [-0.05, 0) is 53.3 Å². The minimum atomic E-state index is -0.118. The molecule has 10 heteroatoms. The Bertz CT molecular complexity index is 1480. The van der Waals surface area contributed by atoms with E-state index in [1.165, 1.54) is 5.56 Å². The van der Waals surface area contributed by atoms with Crippen LogP contribution in [0.5, 0.6) is 11.5 Å². The highest BCUT2D eigenvalue weighted by Crippen LogP contribution is 2.35. The predicted octanol–water partition coefficient (Wildman–Crippen LogP) is 3.86. The highest BCUT2D eigenvalue weighted by atomic mass is 16.7. The van der Waals surface area contributed by atoms with Gasteiger partial charge >= 0.3 is 0 Å². The third-order valence-electron chi connectivity index (χ3n) is 7.57. The SMILES string of the molecule is CC(C)[C@@H](c1nnnn1C[C@H]1CCCO1)N(CCc1ccccc1)Cc1cc2cc3c(cc2[nH]c1=O)OCO3. The number of nitrogens with one attached hydrogen (secondary N) is 1. The van der Waals surface area contributed by atoms with Gasteiger partial charge in [-0.2, -0.15) is 0 Å². The average molecular weight is 531 g/mol. The van der Waals surface area contributed by atoms with E-state index in [0.29, 0.717) is 30.2 Å². The molecule has 1 N–H and O–H groups in total. The summed E-state index contributed by atoms with van der Waals surface area (Å²) in [6, 6.07) is 16.0. The van der Waals surface area contributed by atoms with Crippen LogP contribution in [-0.4, -0.2) is 56.1 Å². The van der Waals surface area contributed by atoms with Crippen LogP contribution in [0.1, 0.15) is 49.7 Å². The van der Waals surface area contributed by atoms with E-state index in [-0.39, 0.29) is 30.4 Å². The number of fused-ring (bicyclic) bond motifs is 2. The van der Waals surface area contributed by atoms with E-state index in [1.54, 1.807) is 0 Å². The molecule has 0 aliphatic carbocycles. The summed E-state index contributed by atoms with van der Waals surface area (Å²) in [5, 5.41) is 13.8. The van der Waals surface area contributed by atoms with Crippen molar-refractivity contribution in [2.45, 2.75) is 58.3 Å². The summed E-state index contributed by atoms with van der Waals surface area (Å²) in [5.74, 6) is 2.33. The summed E-state index contributed by atoms with van der Waals surface area (Å²) in [6.07, 6.45) is 3.02. The number of tetrazole rings is 1. The van der Waals surface area contributed by atoms with Gasteiger partial charge in [0.25, 0.3) is 5.56 Å². The van der Waals surface area contributed by atoms with Crippen molar-refractivity contribution in [1.82, 2.24) is 30.1 Å². The monoisotopic (exact) mass is 530 g/mol. The number of aromatic nitrogens is 5. The first-order valence-electron chi connectivity index (χ1n) is 13.7. The maximum Gasteiger partial charge on any atom is 0.252 e. The van der Waals surface area contributed by atoms with Crippen LogP contribution in [0, 0.1) is 5.92 Å². The Hall–Kier alpha value is -3.76. The molecule has 1 saturated heterocycles. The minimum absolute atomic E-state index is 0.100. The Morgan fingerprint density at radius 3 is 2.72 bits per heavy atom. The number of hydrogen-bond donors (Lipinski definition) is 1. The lowest BCUT2D eigenvalue weighted by Crippen LogP contribution is -2.37. The molecule has 10 nitrogen and oxygen atoms in total. The molecule has 1 fully saturated rings. The van der Waals surface area contributed by atoms with E-state index in [1.807, 2.05) is 28.9 Å². The van der Waals surface area contributed by atoms with Crippen LogP contribution >= 0.6 is 0 Å². The van der Waals surface area contributed by atoms with Crippen LogP contribution < -0.4 is 15.0 Å². The molecule has 204 valence electrons. The molecule has 0 unspecified atom stereocenters. The summed E-state index contributed by atoms with van der Waals surface area (Å²) in [6.45, 7) is 7.13. The number of nitrogens with zero attached hydrogens (tertiary/aromatic N) is 5. The second kappa shape index (κ2) is 11.2. The van der Waals surface area contributed by atoms with Gasteiger partial charge in [-0.3, -0.25) is 9.69 Å². The lowest BCUT2D eigenvalue weighted by molar-refractivity contribution is 0.0864. The van der Waals surface area contributed by atoms with Gasteiger partial charge in [0.15, 0.2) is 17.3 Å². The molecule has 2 aromatic carbocycles. The lowest BCUT2D eigenvalue weighted by atomic mass is 9.99. The molecule has 0 bridgehead atoms. The maximum absolute atomic E-state index is 13.3. The quantitative estimate of drug-likeness (QED) is 0.329. The molecule has 0 spiro atoms. The first kappa shape index (κ1) is 25.5. The summed E-state index contributed by atoms with van der Waals surface area (Å²) in [4.78, 5) is 18.7. The Morgan fingerprint density at radius 2 is 1.95 bits per heavy atom. The van der Waals surface area contributed by atoms with Gasteiger partial charge in [-0.15, -0.1) is 5.10 Å². The molecule has 4 heterocycles. The van der Waals surface area contributed by atoms with E-state index in [0.717, 1.165) is 49.1 Å². The molecule has 2 atom stereocenters. The number of hydrogen-bond acceptors (Lipinski definition) is 8. The maximum atomic E-state index is 13.3. The topological polar surface area (TPSA) is 107 Å². The normalized spacial score (nSPS) is 17.5. The van der Waals surface area contributed by atoms with E-state index in [4.69, 9.17) is 14.2 Å². The second-order valence-corrected chi connectivity index (χ2v) is 10.7. The third-order valence-corrected chi connectivity index (χ3v) is 7.57. The molecule has 39 heavy (non-hydrogen) atoms. The van der Waals surface area contributed by atoms with Gasteiger partial charge in [0.1, 0.15) is 0 Å². The second-order valence-electron chi connectivity index (χ2n) is 10.7. The van der Waals surface area contributed by atoms with Crippen LogP contribution in [0.4, 0.5) is 0 Å². The number of pyridine rings is 1. The molecule has 2 aliphatic heterocycles. The van der Waals surface area contributed by atoms with E-state index in [2.05, 4.69) is 63.5 Å². The highest BCUT2D eigenvalue weighted by Gasteiger charge is 2.31. The smallest absolute Gasteiger partial charge is 0.252 e. The first-order chi connectivity index (χ1) is 19.0. The van der Waals surface area contributed by atoms with Gasteiger partial charge in [-0.1, -0.05) is 44.2 Å². The zero-order valence-corrected chi connectivity index (χ0v) is 22.4. The fourth-order valence-corrected chi connectivity index (χ4v) is 5.63. The molecule has 2 aliphatic rings. The fourth-order valence-electron chi connectivity index (χ4n) is 5.63. The number of H-pyrrole nitrogens is 1. The standard InChI is InChI=1S/C29H34N6O4/c1-19(2)27(28-31-32-33-35(28)17-23-9-6-12-37-23)34(11-10-20-7-4-3-5-8-20)16-22-13-21-14-25-26(39-18-38-25)15-24(21)30-29(22)36/h3-5,7-8,13-15,19,23,27H,6,9-12,16-18H2,1-2H3,(H,30,36)/t23-,27+/m1/s1. The Morgan fingerprint density at radius 1 is 1.13 bits per heavy atom. The number of benzene rings is 2. The van der Waals surface area contributed by atoms with Crippen LogP contribution in [0.15, 0.2) is 53.3 Å². The molecular formula is C29H34N6O4. The summed E-state index contributed by atoms with van der Waals surface area (Å²) >= 11 is 0. The van der Waals surface area contributed by atoms with Crippen molar-refractivity contribution in [3.63, 3.8) is 0 Å². The molecule has 0 saturated carbocycles. The molecule has 0 radical (unpaired) electrons. The number of aromatic amines is 1. The Kier molecular flexibility index (Phi) is 7.30. The average Bonchev–Trinajstić information content (AvgIpc) is 3.70. The largest absolute Gasteiger partial charge is 0.454 e. The Labute approximate surface area is 226 Å². The van der Waals surface area contributed by atoms with Crippen molar-refractivity contribution in [2.24, 2.45) is 5.92 Å². The van der Waals surface area contributed by atoms with Gasteiger partial charge in [0.2, 0.25) is 6.79 Å². The summed E-state index contributed by atoms with van der Waals surface area (Å²) in [7, 11) is 0. The van der Waals surface area contributed by atoms with Crippen molar-refractivity contribution in [2.75, 3.05) is 19.9 Å². The van der Waals surface area contributed by atoms with Crippen molar-refractivity contribution in [3.8, 4) is 11.5 Å². The van der Waals surface area contributed by atoms with Gasteiger partial charge < -0.3 is 19.2 Å². The predicted molar refractivity (Wildman–Crippen MR) is 146 cm³/mol. The Balaban J connectivity index is 1.34. The van der Waals surface area contributed by atoms with Crippen LogP contribution in [0.3, 0.4) is 0 Å². The number of rotatable bonds is 10. The van der Waals surface area contributed by atoms with Crippen LogP contribution in [-0.2, 0) is 24.2 Å². The molecule has 0 amide bonds. The first-order valence-corrected chi connectivity index (χ1v) is 13.7. The zero-order chi connectivity index (χ0) is 26.8. The molecular weight excluding hydrogens is 496 g/mol. The van der Waals surface area contributed by atoms with Crippen molar-refractivity contribution in [3.05, 3.63) is 75.8 Å². The van der Waals surface area contributed by atoms with Gasteiger partial charge in [0.05, 0.1) is 24.2 Å². The van der Waals surface area contributed by atoms with Crippen LogP contribution in [0.2, 0.25) is 0 Å². The minimum Gasteiger partial charge on any atom is -0.454 e. The van der Waals surface area contributed by atoms with Crippen molar-refractivity contribution < 1.29 is 14.2 Å². The molecule has 2 aromatic heterocycles. The lowest BCUT2D eigenvalue weighted by Gasteiger charge is -2.33. The van der Waals surface area contributed by atoms with Gasteiger partial charge in [0, 0.05) is 36.7 Å². The molecule has 4 aromatic rings. The summed E-state index contributed by atoms with van der Waals surface area (Å²) in [5.41, 5.74) is 2.53. The fraction of sp³-hybridized carbons (Fsp3) is 0.448. The van der Waals surface area contributed by atoms with Crippen molar-refractivity contribution in [1.29, 1.82) is 0 Å². The van der Waals surface area contributed by atoms with E-state index < -0.39 is 0 Å². The zero-order valence-electron chi connectivity index (χ0n) is 22.4. The van der Waals surface area contributed by atoms with Gasteiger partial charge in [-0.25, -0.2) is 4.68 Å². The number of ether oxygens (including phenoxy) is 3. The van der Waals surface area contributed by atoms with Crippen molar-refractivity contribution >= 4 is 10.9 Å². The highest BCUT2D eigenvalue weighted by molar-refractivity contribution is 5.83. The van der Waals surface area contributed by atoms with E-state index in [9.17, 15) is 4.79 Å². The van der Waals surface area contributed by atoms with E-state index >= 15 is 0 Å². The third kappa shape index (κ3) is 5.53. The van der Waals surface area contributed by atoms with Crippen LogP contribution in [0.25, 0.3) is 10.9 Å². The molecule has 6 rings (SSSR count). The summed E-state index contributed by atoms with van der Waals surface area (Å²) < 4.78 is 18.8.